The largest absolute Gasteiger partial charge is 3.00 e. The number of hydrogen-bond donors (Lipinski definition) is 0. The molecule has 0 bridgehead atoms. The maximum atomic E-state index is 8.52. The van der Waals surface area contributed by atoms with Crippen LogP contribution in [0.5, 0.6) is 0 Å². The summed E-state index contributed by atoms with van der Waals surface area (Å²) in [5.41, 5.74) is 0. The third-order valence-electron chi connectivity index (χ3n) is 0. The predicted molar refractivity (Wildman–Crippen MR) is 66.9 cm³/mol. The van der Waals surface area contributed by atoms with Crippen LogP contribution in [0, 0.1) is 0 Å². The van der Waals surface area contributed by atoms with Crippen molar-refractivity contribution < 1.29 is 246 Å². The molecule has 0 fully saturated rings. The molecule has 0 rings (SSSR count). The van der Waals surface area contributed by atoms with Crippen molar-refractivity contribution in [3.8, 4) is 0 Å². The van der Waals surface area contributed by atoms with E-state index >= 15 is 0 Å². The van der Waals surface area contributed by atoms with Gasteiger partial charge in [-0.1, -0.05) is 0 Å². The summed E-state index contributed by atoms with van der Waals surface area (Å²) in [6.07, 6.45) is 0. The molecule has 0 aliphatic heterocycles. The van der Waals surface area contributed by atoms with Gasteiger partial charge in [-0.3, -0.25) is 33.7 Å². The minimum Gasteiger partial charge on any atom is -0.870 e. The van der Waals surface area contributed by atoms with Gasteiger partial charge in [-0.2, -0.15) is 0 Å². The first-order valence-electron chi connectivity index (χ1n) is 2.67. The predicted octanol–water partition coefficient (Wildman–Crippen LogP) is -16.2. The fraction of sp³-hybridized carbons (Fsp3) is 0. The van der Waals surface area contributed by atoms with E-state index in [0.29, 0.717) is 0 Å². The van der Waals surface area contributed by atoms with Crippen LogP contribution in [-0.2, 0) is 41.6 Å². The molecule has 30 heavy (non-hydrogen) atoms. The van der Waals surface area contributed by atoms with Gasteiger partial charge in [0, 0.05) is 41.6 Å². The van der Waals surface area contributed by atoms with Gasteiger partial charge < -0.3 is 58.3 Å². The summed E-state index contributed by atoms with van der Waals surface area (Å²) in [5.74, 6) is 0. The Morgan fingerprint density at radius 1 is 0.300 bits per heavy atom. The fourth-order valence-electron chi connectivity index (χ4n) is 0. The molecule has 0 saturated heterocycles. The van der Waals surface area contributed by atoms with E-state index in [4.69, 9.17) is 70.1 Å². The van der Waals surface area contributed by atoms with Gasteiger partial charge in [-0.15, -0.1) is 0 Å². The summed E-state index contributed by atoms with van der Waals surface area (Å²) < 4.78 is 136. The van der Waals surface area contributed by atoms with Crippen molar-refractivity contribution in [3.63, 3.8) is 0 Å². The Labute approximate surface area is 331 Å². The van der Waals surface area contributed by atoms with Crippen LogP contribution in [0.4, 0.5) is 0 Å². The molecule has 0 heterocycles. The zero-order chi connectivity index (χ0) is 18.0. The first-order chi connectivity index (χ1) is 8.00. The summed E-state index contributed by atoms with van der Waals surface area (Å²) in [7, 11) is -20.7. The molecule has 0 aliphatic carbocycles. The van der Waals surface area contributed by atoms with Crippen molar-refractivity contribution in [1.29, 1.82) is 0 Å². The third-order valence-corrected chi connectivity index (χ3v) is 0. The Hall–Kier alpha value is 5.83. The Balaban J connectivity index is -0.00000000853. The summed E-state index contributed by atoms with van der Waals surface area (Å²) in [5, 5.41) is 0. The average molecular weight is 651 g/mol. The zero-order valence-electron chi connectivity index (χ0n) is 14.7. The van der Waals surface area contributed by atoms with Crippen LogP contribution < -0.4 is 154 Å². The molecule has 0 aromatic rings. The second-order valence-corrected chi connectivity index (χ2v) is 4.90. The Morgan fingerprint density at radius 2 is 0.300 bits per heavy atom. The minimum atomic E-state index is -5.17. The van der Waals surface area contributed by atoms with Crippen molar-refractivity contribution in [3.05, 3.63) is 0 Å². The molecule has 0 saturated carbocycles. The molecule has 0 amide bonds. The van der Waals surface area contributed by atoms with Crippen molar-refractivity contribution in [2.24, 2.45) is 0 Å². The molecule has 20 nitrogen and oxygen atoms in total. The number of rotatable bonds is 0. The molecule has 30 heteroatoms. The van der Waals surface area contributed by atoms with Gasteiger partial charge in [0.1, 0.15) is 0 Å². The average Bonchev–Trinajstić information content (AvgIpc) is 1.62. The van der Waals surface area contributed by atoms with Gasteiger partial charge in [0.25, 0.3) is 0 Å². The van der Waals surface area contributed by atoms with Gasteiger partial charge in [0.2, 0.25) is 0 Å². The molecule has 0 aromatic heterocycles. The van der Waals surface area contributed by atoms with Crippen LogP contribution in [0.25, 0.3) is 0 Å². The normalized spacial score (nSPS) is 7.73. The molecule has 0 aliphatic rings. The Kier molecular flexibility index (Phi) is 136. The summed E-state index contributed by atoms with van der Waals surface area (Å²) in [4.78, 5) is 0. The fourth-order valence-corrected chi connectivity index (χ4v) is 0. The van der Waals surface area contributed by atoms with Crippen LogP contribution in [0.15, 0.2) is 0 Å². The van der Waals surface area contributed by atoms with Gasteiger partial charge in [0.05, 0.1) is 0 Å². The van der Waals surface area contributed by atoms with Crippen LogP contribution >= 0.6 is 0 Å². The molecular formula is H4Al3K3O20S4. The van der Waals surface area contributed by atoms with E-state index in [0.717, 1.165) is 0 Å². The van der Waals surface area contributed by atoms with E-state index in [1.807, 2.05) is 0 Å². The van der Waals surface area contributed by atoms with Crippen LogP contribution in [0.1, 0.15) is 0 Å². The second-order valence-electron chi connectivity index (χ2n) is 1.63. The van der Waals surface area contributed by atoms with E-state index in [-0.39, 0.29) is 228 Å². The zero-order valence-corrected chi connectivity index (χ0v) is 30.8. The molecule has 0 aromatic carbocycles. The molecule has 0 spiro atoms. The quantitative estimate of drug-likeness (QED) is 0.133. The van der Waals surface area contributed by atoms with Crippen molar-refractivity contribution in [2.75, 3.05) is 0 Å². The van der Waals surface area contributed by atoms with E-state index in [2.05, 4.69) is 0 Å². The molecule has 0 unspecified atom stereocenters. The van der Waals surface area contributed by atoms with Gasteiger partial charge in [-0.25, -0.2) is 0 Å². The first-order valence-corrected chi connectivity index (χ1v) is 8.00. The Bertz CT molecular complexity index is 496. The molecule has 0 radical (unpaired) electrons. The van der Waals surface area contributed by atoms with Crippen molar-refractivity contribution in [2.45, 2.75) is 0 Å². The monoisotopic (exact) mass is 650 g/mol. The first kappa shape index (κ1) is 91.2. The third kappa shape index (κ3) is 1070. The summed E-state index contributed by atoms with van der Waals surface area (Å²) in [6, 6.07) is 0. The van der Waals surface area contributed by atoms with Crippen molar-refractivity contribution in [1.82, 2.24) is 0 Å². The summed E-state index contributed by atoms with van der Waals surface area (Å²) >= 11 is 0. The van der Waals surface area contributed by atoms with Gasteiger partial charge in [0.15, 0.2) is 0 Å². The van der Waals surface area contributed by atoms with Crippen molar-refractivity contribution >= 4 is 93.7 Å². The number of hydrogen-bond acceptors (Lipinski definition) is 20. The van der Waals surface area contributed by atoms with E-state index in [1.165, 1.54) is 0 Å². The van der Waals surface area contributed by atoms with Crippen LogP contribution in [0.3, 0.4) is 0 Å². The van der Waals surface area contributed by atoms with E-state index < -0.39 is 41.6 Å². The second kappa shape index (κ2) is 44.8. The van der Waals surface area contributed by atoms with Gasteiger partial charge >= 0.3 is 206 Å². The maximum Gasteiger partial charge on any atom is 3.00 e. The molecule has 4 N–H and O–H groups in total. The standard InChI is InChI=1S/3Al.3K.4H2O4S.4H2O/c;;;;;;4*1-5(2,3)4;;;;/h;;;;;;4*(H2,1,2,3,4);4*1H2/q3*+3;3*+1;;;;;;;;/p-12. The Morgan fingerprint density at radius 3 is 0.300 bits per heavy atom. The molecule has 160 valence electrons. The summed E-state index contributed by atoms with van der Waals surface area (Å²) in [6.45, 7) is 0. The molecule has 0 atom stereocenters. The molecular weight excluding hydrogens is 646 g/mol. The van der Waals surface area contributed by atoms with Crippen LogP contribution in [0.2, 0.25) is 0 Å². The smallest absolute Gasteiger partial charge is 0.870 e. The maximum absolute atomic E-state index is 8.52. The van der Waals surface area contributed by atoms with Crippen LogP contribution in [-0.4, -0.2) is 144 Å². The van der Waals surface area contributed by atoms with E-state index in [1.54, 1.807) is 0 Å². The SMILES string of the molecule is O=S(=O)([O-])[O-].O=S(=O)([O-])[O-].O=S(=O)([O-])[O-].O=S(=O)([O-])[O-].[Al+3].[Al+3].[Al+3].[K+].[K+].[K+].[OH-].[OH-].[OH-].[OH-]. The topological polar surface area (TPSA) is 441 Å². The van der Waals surface area contributed by atoms with E-state index in [9.17, 15) is 0 Å². The minimum absolute atomic E-state index is 0. The van der Waals surface area contributed by atoms with Gasteiger partial charge in [-0.05, 0) is 0 Å².